The highest BCUT2D eigenvalue weighted by Crippen LogP contribution is 2.30. The van der Waals surface area contributed by atoms with Crippen LogP contribution >= 0.6 is 23.8 Å². The number of thiocarbonyl (C=S) groups is 1. The Morgan fingerprint density at radius 2 is 1.75 bits per heavy atom. The molecule has 36 heavy (non-hydrogen) atoms. The molecule has 1 aliphatic heterocycles. The van der Waals surface area contributed by atoms with E-state index in [9.17, 15) is 9.59 Å². The molecule has 0 aliphatic carbocycles. The van der Waals surface area contributed by atoms with Gasteiger partial charge in [-0.1, -0.05) is 11.6 Å². The fourth-order valence-electron chi connectivity index (χ4n) is 3.86. The SMILES string of the molecule is COc1ccc(C(=O)NC(=S)Nc2ccc(N3CCN(C(=O)c4ccco4)CC3)c(Cl)c2)cc1OC. The zero-order valence-electron chi connectivity index (χ0n) is 19.7. The predicted molar refractivity (Wildman–Crippen MR) is 142 cm³/mol. The fraction of sp³-hybridized carbons (Fsp3) is 0.240. The molecule has 1 aromatic heterocycles. The second-order valence-electron chi connectivity index (χ2n) is 7.90. The van der Waals surface area contributed by atoms with Crippen molar-refractivity contribution in [2.45, 2.75) is 0 Å². The first-order valence-corrected chi connectivity index (χ1v) is 11.9. The number of hydrogen-bond donors (Lipinski definition) is 2. The molecule has 9 nitrogen and oxygen atoms in total. The molecular formula is C25H25ClN4O5S. The van der Waals surface area contributed by atoms with Crippen LogP contribution in [0, 0.1) is 0 Å². The van der Waals surface area contributed by atoms with Gasteiger partial charge in [0.05, 0.1) is 31.2 Å². The number of amides is 2. The first-order valence-electron chi connectivity index (χ1n) is 11.1. The summed E-state index contributed by atoms with van der Waals surface area (Å²) in [7, 11) is 3.02. The smallest absolute Gasteiger partial charge is 0.289 e. The number of carbonyl (C=O) groups excluding carboxylic acids is 2. The Bertz CT molecular complexity index is 1260. The molecular weight excluding hydrogens is 504 g/mol. The summed E-state index contributed by atoms with van der Waals surface area (Å²) >= 11 is 11.9. The summed E-state index contributed by atoms with van der Waals surface area (Å²) in [5, 5.41) is 6.28. The first-order chi connectivity index (χ1) is 17.4. The fourth-order valence-corrected chi connectivity index (χ4v) is 4.37. The second kappa shape index (κ2) is 11.3. The average Bonchev–Trinajstić information content (AvgIpc) is 3.43. The summed E-state index contributed by atoms with van der Waals surface area (Å²) in [6.45, 7) is 2.39. The molecule has 11 heteroatoms. The number of carbonyl (C=O) groups is 2. The van der Waals surface area contributed by atoms with Crippen LogP contribution in [0.15, 0.2) is 59.2 Å². The number of piperazine rings is 1. The predicted octanol–water partition coefficient (Wildman–Crippen LogP) is 4.04. The quantitative estimate of drug-likeness (QED) is 0.463. The van der Waals surface area contributed by atoms with E-state index in [4.69, 9.17) is 37.7 Å². The van der Waals surface area contributed by atoms with E-state index >= 15 is 0 Å². The van der Waals surface area contributed by atoms with Gasteiger partial charge in [0.15, 0.2) is 22.4 Å². The molecule has 0 atom stereocenters. The molecule has 0 saturated carbocycles. The number of benzene rings is 2. The lowest BCUT2D eigenvalue weighted by Crippen LogP contribution is -2.48. The van der Waals surface area contributed by atoms with Crippen LogP contribution in [0.5, 0.6) is 11.5 Å². The van der Waals surface area contributed by atoms with E-state index in [1.807, 2.05) is 12.1 Å². The molecule has 0 bridgehead atoms. The maximum absolute atomic E-state index is 12.6. The van der Waals surface area contributed by atoms with Crippen molar-refractivity contribution in [3.05, 3.63) is 71.1 Å². The number of methoxy groups -OCH3 is 2. The van der Waals surface area contributed by atoms with Crippen molar-refractivity contribution in [2.24, 2.45) is 0 Å². The standard InChI is InChI=1S/C25H25ClN4O5S/c1-33-20-8-5-16(14-22(20)34-2)23(31)28-25(36)27-17-6-7-19(18(26)15-17)29-9-11-30(12-10-29)24(32)21-4-3-13-35-21/h3-8,13-15H,9-12H2,1-2H3,(H2,27,28,31,36). The van der Waals surface area contributed by atoms with Crippen molar-refractivity contribution < 1.29 is 23.5 Å². The van der Waals surface area contributed by atoms with E-state index in [1.165, 1.54) is 20.5 Å². The van der Waals surface area contributed by atoms with E-state index in [2.05, 4.69) is 15.5 Å². The molecule has 4 rings (SSSR count). The molecule has 1 saturated heterocycles. The maximum Gasteiger partial charge on any atom is 0.289 e. The summed E-state index contributed by atoms with van der Waals surface area (Å²) in [5.74, 6) is 0.797. The normalized spacial score (nSPS) is 13.2. The van der Waals surface area contributed by atoms with Gasteiger partial charge in [0.1, 0.15) is 0 Å². The van der Waals surface area contributed by atoms with Gasteiger partial charge in [0.2, 0.25) is 0 Å². The second-order valence-corrected chi connectivity index (χ2v) is 8.72. The molecule has 2 heterocycles. The minimum atomic E-state index is -0.391. The molecule has 1 aliphatic rings. The van der Waals surface area contributed by atoms with Crippen molar-refractivity contribution >= 4 is 52.1 Å². The molecule has 0 radical (unpaired) electrons. The largest absolute Gasteiger partial charge is 0.493 e. The van der Waals surface area contributed by atoms with Crippen LogP contribution in [0.25, 0.3) is 0 Å². The van der Waals surface area contributed by atoms with Gasteiger partial charge < -0.3 is 29.0 Å². The Hall–Kier alpha value is -3.76. The summed E-state index contributed by atoms with van der Waals surface area (Å²) < 4.78 is 15.6. The van der Waals surface area contributed by atoms with Gasteiger partial charge in [-0.05, 0) is 60.7 Å². The average molecular weight is 529 g/mol. The monoisotopic (exact) mass is 528 g/mol. The van der Waals surface area contributed by atoms with Gasteiger partial charge in [-0.3, -0.25) is 14.9 Å². The number of anilines is 2. The lowest BCUT2D eigenvalue weighted by Gasteiger charge is -2.36. The molecule has 0 spiro atoms. The zero-order chi connectivity index (χ0) is 25.7. The van der Waals surface area contributed by atoms with Crippen LogP contribution in [0.2, 0.25) is 5.02 Å². The van der Waals surface area contributed by atoms with Crippen LogP contribution in [-0.2, 0) is 0 Å². The van der Waals surface area contributed by atoms with Crippen LogP contribution in [0.4, 0.5) is 11.4 Å². The van der Waals surface area contributed by atoms with E-state index < -0.39 is 5.91 Å². The highest BCUT2D eigenvalue weighted by molar-refractivity contribution is 7.80. The third kappa shape index (κ3) is 5.72. The molecule has 2 N–H and O–H groups in total. The van der Waals surface area contributed by atoms with Crippen molar-refractivity contribution in [1.29, 1.82) is 0 Å². The molecule has 3 aromatic rings. The summed E-state index contributed by atoms with van der Waals surface area (Å²) in [6, 6.07) is 13.7. The molecule has 2 aromatic carbocycles. The van der Waals surface area contributed by atoms with Gasteiger partial charge in [0.25, 0.3) is 11.8 Å². The lowest BCUT2D eigenvalue weighted by molar-refractivity contribution is 0.0714. The number of nitrogens with one attached hydrogen (secondary N) is 2. The van der Waals surface area contributed by atoms with Gasteiger partial charge >= 0.3 is 0 Å². The number of rotatable bonds is 6. The Labute approximate surface area is 218 Å². The Morgan fingerprint density at radius 1 is 1.00 bits per heavy atom. The van der Waals surface area contributed by atoms with Gasteiger partial charge in [-0.25, -0.2) is 0 Å². The van der Waals surface area contributed by atoms with Crippen molar-refractivity contribution in [3.63, 3.8) is 0 Å². The minimum Gasteiger partial charge on any atom is -0.493 e. The summed E-state index contributed by atoms with van der Waals surface area (Å²) in [5.41, 5.74) is 1.86. The first kappa shape index (κ1) is 25.3. The van der Waals surface area contributed by atoms with Crippen LogP contribution < -0.4 is 25.0 Å². The Kier molecular flexibility index (Phi) is 7.97. The van der Waals surface area contributed by atoms with Crippen LogP contribution in [0.1, 0.15) is 20.9 Å². The maximum atomic E-state index is 12.6. The molecule has 188 valence electrons. The summed E-state index contributed by atoms with van der Waals surface area (Å²) in [4.78, 5) is 28.9. The third-order valence-corrected chi connectivity index (χ3v) is 6.22. The van der Waals surface area contributed by atoms with Crippen molar-refractivity contribution in [1.82, 2.24) is 10.2 Å². The highest BCUT2D eigenvalue weighted by Gasteiger charge is 2.24. The van der Waals surface area contributed by atoms with E-state index in [0.717, 1.165) is 5.69 Å². The molecule has 0 unspecified atom stereocenters. The molecule has 1 fully saturated rings. The minimum absolute atomic E-state index is 0.117. The van der Waals surface area contributed by atoms with E-state index in [-0.39, 0.29) is 11.0 Å². The van der Waals surface area contributed by atoms with Gasteiger partial charge in [-0.15, -0.1) is 0 Å². The number of nitrogens with zero attached hydrogens (tertiary/aromatic N) is 2. The van der Waals surface area contributed by atoms with E-state index in [0.29, 0.717) is 59.7 Å². The lowest BCUT2D eigenvalue weighted by atomic mass is 10.2. The van der Waals surface area contributed by atoms with Crippen LogP contribution in [-0.4, -0.2) is 62.2 Å². The van der Waals surface area contributed by atoms with E-state index in [1.54, 1.807) is 41.3 Å². The van der Waals surface area contributed by atoms with Gasteiger partial charge in [-0.2, -0.15) is 0 Å². The number of halogens is 1. The summed E-state index contributed by atoms with van der Waals surface area (Å²) in [6.07, 6.45) is 1.49. The number of furan rings is 1. The zero-order valence-corrected chi connectivity index (χ0v) is 21.3. The highest BCUT2D eigenvalue weighted by atomic mass is 35.5. The Morgan fingerprint density at radius 3 is 2.39 bits per heavy atom. The van der Waals surface area contributed by atoms with Crippen molar-refractivity contribution in [2.75, 3.05) is 50.6 Å². The van der Waals surface area contributed by atoms with Gasteiger partial charge in [0, 0.05) is 37.4 Å². The van der Waals surface area contributed by atoms with Crippen molar-refractivity contribution in [3.8, 4) is 11.5 Å². The Balaban J connectivity index is 1.33. The third-order valence-electron chi connectivity index (χ3n) is 5.72. The topological polar surface area (TPSA) is 96.3 Å². The number of ether oxygens (including phenoxy) is 2. The number of hydrogen-bond acceptors (Lipinski definition) is 7. The molecule has 2 amide bonds. The van der Waals surface area contributed by atoms with Crippen LogP contribution in [0.3, 0.4) is 0 Å².